The molecule has 4 heteroatoms. The van der Waals surface area contributed by atoms with Crippen LogP contribution in [-0.4, -0.2) is 37.9 Å². The van der Waals surface area contributed by atoms with Crippen molar-refractivity contribution in [2.45, 2.75) is 33.2 Å². The van der Waals surface area contributed by atoms with Crippen LogP contribution < -0.4 is 10.1 Å². The van der Waals surface area contributed by atoms with Crippen molar-refractivity contribution < 1.29 is 9.47 Å². The number of nitrogens with zero attached hydrogens (tertiary/aromatic N) is 1. The van der Waals surface area contributed by atoms with Gasteiger partial charge in [0.1, 0.15) is 12.4 Å². The number of ether oxygens (including phenoxy) is 2. The molecule has 0 aromatic carbocycles. The van der Waals surface area contributed by atoms with Crippen molar-refractivity contribution >= 4 is 0 Å². The fourth-order valence-corrected chi connectivity index (χ4v) is 1.76. The lowest BCUT2D eigenvalue weighted by atomic mass is 10.2. The van der Waals surface area contributed by atoms with E-state index in [1.807, 2.05) is 19.1 Å². The Hall–Kier alpha value is -1.13. The van der Waals surface area contributed by atoms with Crippen LogP contribution in [0.15, 0.2) is 12.1 Å². The summed E-state index contributed by atoms with van der Waals surface area (Å²) in [6, 6.07) is 4.33. The quantitative estimate of drug-likeness (QED) is 0.718. The minimum absolute atomic E-state index is 0.348. The van der Waals surface area contributed by atoms with Gasteiger partial charge in [0.05, 0.1) is 12.3 Å². The largest absolute Gasteiger partial charge is 0.490 e. The van der Waals surface area contributed by atoms with Crippen LogP contribution in [-0.2, 0) is 11.2 Å². The maximum Gasteiger partial charge on any atom is 0.140 e. The van der Waals surface area contributed by atoms with Crippen LogP contribution in [0.2, 0.25) is 0 Å². The van der Waals surface area contributed by atoms with Crippen LogP contribution >= 0.6 is 0 Å². The lowest BCUT2D eigenvalue weighted by Gasteiger charge is -2.14. The first kappa shape index (κ1) is 14.9. The second-order valence-electron chi connectivity index (χ2n) is 4.41. The van der Waals surface area contributed by atoms with Crippen LogP contribution in [0.25, 0.3) is 0 Å². The fourth-order valence-electron chi connectivity index (χ4n) is 1.76. The maximum absolute atomic E-state index is 5.75. The maximum atomic E-state index is 5.75. The molecule has 0 radical (unpaired) electrons. The van der Waals surface area contributed by atoms with E-state index >= 15 is 0 Å². The summed E-state index contributed by atoms with van der Waals surface area (Å²) in [7, 11) is 1.71. The van der Waals surface area contributed by atoms with Crippen molar-refractivity contribution in [3.05, 3.63) is 23.5 Å². The predicted molar refractivity (Wildman–Crippen MR) is 73.2 cm³/mol. The number of pyridine rings is 1. The molecule has 1 heterocycles. The molecule has 4 nitrogen and oxygen atoms in total. The minimum atomic E-state index is 0.348. The lowest BCUT2D eigenvalue weighted by molar-refractivity contribution is 0.169. The van der Waals surface area contributed by atoms with Gasteiger partial charge in [-0.3, -0.25) is 4.98 Å². The molecular weight excluding hydrogens is 228 g/mol. The SMILES string of the molecule is CCc1nc(C)ccc1OCCNC(C)COC. The Morgan fingerprint density at radius 1 is 1.39 bits per heavy atom. The first-order valence-corrected chi connectivity index (χ1v) is 6.49. The van der Waals surface area contributed by atoms with Gasteiger partial charge in [0.2, 0.25) is 0 Å². The summed E-state index contributed by atoms with van der Waals surface area (Å²) in [5, 5.41) is 3.33. The molecular formula is C14H24N2O2. The summed E-state index contributed by atoms with van der Waals surface area (Å²) in [5.74, 6) is 0.893. The van der Waals surface area contributed by atoms with Crippen LogP contribution in [0, 0.1) is 6.92 Å². The van der Waals surface area contributed by atoms with Gasteiger partial charge in [-0.15, -0.1) is 0 Å². The van der Waals surface area contributed by atoms with E-state index in [1.165, 1.54) is 0 Å². The van der Waals surface area contributed by atoms with Gasteiger partial charge >= 0.3 is 0 Å². The molecule has 0 amide bonds. The molecule has 0 saturated heterocycles. The van der Waals surface area contributed by atoms with E-state index < -0.39 is 0 Å². The topological polar surface area (TPSA) is 43.4 Å². The molecule has 18 heavy (non-hydrogen) atoms. The Labute approximate surface area is 110 Å². The van der Waals surface area contributed by atoms with Crippen LogP contribution in [0.4, 0.5) is 0 Å². The number of aryl methyl sites for hydroxylation is 2. The highest BCUT2D eigenvalue weighted by Crippen LogP contribution is 2.16. The van der Waals surface area contributed by atoms with Crippen molar-refractivity contribution in [2.75, 3.05) is 26.9 Å². The highest BCUT2D eigenvalue weighted by molar-refractivity contribution is 5.29. The molecule has 0 fully saturated rings. The van der Waals surface area contributed by atoms with E-state index in [0.29, 0.717) is 19.3 Å². The summed E-state index contributed by atoms with van der Waals surface area (Å²) in [6.45, 7) is 8.35. The standard InChI is InChI=1S/C14H24N2O2/c1-5-13-14(7-6-11(2)16-13)18-9-8-15-12(3)10-17-4/h6-7,12,15H,5,8-10H2,1-4H3. The second-order valence-corrected chi connectivity index (χ2v) is 4.41. The van der Waals surface area contributed by atoms with E-state index in [2.05, 4.69) is 24.1 Å². The van der Waals surface area contributed by atoms with E-state index in [9.17, 15) is 0 Å². The molecule has 1 unspecified atom stereocenters. The Morgan fingerprint density at radius 3 is 2.83 bits per heavy atom. The van der Waals surface area contributed by atoms with Gasteiger partial charge in [0.25, 0.3) is 0 Å². The number of rotatable bonds is 8. The number of hydrogen-bond donors (Lipinski definition) is 1. The van der Waals surface area contributed by atoms with Gasteiger partial charge in [-0.1, -0.05) is 6.92 Å². The number of methoxy groups -OCH3 is 1. The summed E-state index contributed by atoms with van der Waals surface area (Å²) < 4.78 is 10.8. The van der Waals surface area contributed by atoms with Gasteiger partial charge in [-0.2, -0.15) is 0 Å². The highest BCUT2D eigenvalue weighted by Gasteiger charge is 2.04. The summed E-state index contributed by atoms with van der Waals surface area (Å²) in [4.78, 5) is 4.47. The van der Waals surface area contributed by atoms with Crippen LogP contribution in [0.1, 0.15) is 25.2 Å². The van der Waals surface area contributed by atoms with Crippen LogP contribution in [0.5, 0.6) is 5.75 Å². The first-order valence-electron chi connectivity index (χ1n) is 6.49. The normalized spacial score (nSPS) is 12.4. The molecule has 0 aliphatic carbocycles. The zero-order valence-corrected chi connectivity index (χ0v) is 11.8. The number of hydrogen-bond acceptors (Lipinski definition) is 4. The van der Waals surface area contributed by atoms with Crippen molar-refractivity contribution in [3.63, 3.8) is 0 Å². The average molecular weight is 252 g/mol. The summed E-state index contributed by atoms with van der Waals surface area (Å²) >= 11 is 0. The van der Waals surface area contributed by atoms with E-state index in [4.69, 9.17) is 9.47 Å². The third-order valence-corrected chi connectivity index (χ3v) is 2.68. The van der Waals surface area contributed by atoms with Crippen molar-refractivity contribution in [3.8, 4) is 5.75 Å². The van der Waals surface area contributed by atoms with Crippen molar-refractivity contribution in [2.24, 2.45) is 0 Å². The fraction of sp³-hybridized carbons (Fsp3) is 0.643. The molecule has 102 valence electrons. The molecule has 1 N–H and O–H groups in total. The van der Waals surface area contributed by atoms with Gasteiger partial charge in [-0.05, 0) is 32.4 Å². The summed E-state index contributed by atoms with van der Waals surface area (Å²) in [5.41, 5.74) is 2.06. The average Bonchev–Trinajstić information content (AvgIpc) is 2.36. The third kappa shape index (κ3) is 5.02. The molecule has 1 aromatic heterocycles. The van der Waals surface area contributed by atoms with Gasteiger partial charge in [0.15, 0.2) is 0 Å². The Balaban J connectivity index is 2.35. The molecule has 1 rings (SSSR count). The molecule has 1 aromatic rings. The molecule has 0 aliphatic heterocycles. The Morgan fingerprint density at radius 2 is 2.17 bits per heavy atom. The first-order chi connectivity index (χ1) is 8.67. The van der Waals surface area contributed by atoms with Gasteiger partial charge < -0.3 is 14.8 Å². The predicted octanol–water partition coefficient (Wildman–Crippen LogP) is 1.96. The molecule has 1 atom stereocenters. The Bertz CT molecular complexity index is 356. The zero-order chi connectivity index (χ0) is 13.4. The smallest absolute Gasteiger partial charge is 0.140 e. The van der Waals surface area contributed by atoms with E-state index in [0.717, 1.165) is 30.1 Å². The van der Waals surface area contributed by atoms with Gasteiger partial charge in [0, 0.05) is 25.4 Å². The van der Waals surface area contributed by atoms with E-state index in [1.54, 1.807) is 7.11 Å². The van der Waals surface area contributed by atoms with Gasteiger partial charge in [-0.25, -0.2) is 0 Å². The Kier molecular flexibility index (Phi) is 6.68. The molecule has 0 spiro atoms. The van der Waals surface area contributed by atoms with Crippen LogP contribution in [0.3, 0.4) is 0 Å². The highest BCUT2D eigenvalue weighted by atomic mass is 16.5. The third-order valence-electron chi connectivity index (χ3n) is 2.68. The summed E-state index contributed by atoms with van der Waals surface area (Å²) in [6.07, 6.45) is 0.893. The lowest BCUT2D eigenvalue weighted by Crippen LogP contribution is -2.33. The number of nitrogens with one attached hydrogen (secondary N) is 1. The van der Waals surface area contributed by atoms with Crippen molar-refractivity contribution in [1.82, 2.24) is 10.3 Å². The monoisotopic (exact) mass is 252 g/mol. The van der Waals surface area contributed by atoms with E-state index in [-0.39, 0.29) is 0 Å². The molecule has 0 aliphatic rings. The minimum Gasteiger partial charge on any atom is -0.490 e. The zero-order valence-electron chi connectivity index (χ0n) is 11.8. The second kappa shape index (κ2) is 8.06. The number of aromatic nitrogens is 1. The molecule has 0 saturated carbocycles. The van der Waals surface area contributed by atoms with Crippen molar-refractivity contribution in [1.29, 1.82) is 0 Å². The molecule has 0 bridgehead atoms.